The molecule has 3 heterocycles. The second-order valence-corrected chi connectivity index (χ2v) is 7.60. The van der Waals surface area contributed by atoms with Crippen LogP contribution >= 0.6 is 11.8 Å². The average Bonchev–Trinajstić information content (AvgIpc) is 2.86. The fourth-order valence-electron chi connectivity index (χ4n) is 3.41. The van der Waals surface area contributed by atoms with E-state index in [0.717, 1.165) is 27.7 Å². The fourth-order valence-corrected chi connectivity index (χ4v) is 4.59. The zero-order valence-electron chi connectivity index (χ0n) is 15.6. The summed E-state index contributed by atoms with van der Waals surface area (Å²) in [6.45, 7) is 3.92. The molecule has 0 saturated heterocycles. The molecular formula is C20H20N4O3S. The Morgan fingerprint density at radius 2 is 2.25 bits per heavy atom. The fraction of sp³-hybridized carbons (Fsp3) is 0.300. The Kier molecular flexibility index (Phi) is 5.04. The minimum absolute atomic E-state index is 0.0384. The number of nitrogens with one attached hydrogen (secondary N) is 1. The number of thioether (sulfide) groups is 1. The molecule has 8 heteroatoms. The van der Waals surface area contributed by atoms with Crippen molar-refractivity contribution < 1.29 is 14.3 Å². The van der Waals surface area contributed by atoms with Crippen LogP contribution in [0.15, 0.2) is 36.5 Å². The molecule has 0 bridgehead atoms. The van der Waals surface area contributed by atoms with Gasteiger partial charge in [-0.3, -0.25) is 14.6 Å². The minimum Gasteiger partial charge on any atom is -0.465 e. The molecule has 4 rings (SSSR count). The van der Waals surface area contributed by atoms with Crippen LogP contribution in [0, 0.1) is 6.92 Å². The Bertz CT molecular complexity index is 1060. The largest absolute Gasteiger partial charge is 0.465 e. The van der Waals surface area contributed by atoms with E-state index in [1.165, 1.54) is 4.68 Å². The van der Waals surface area contributed by atoms with E-state index in [9.17, 15) is 9.59 Å². The van der Waals surface area contributed by atoms with Gasteiger partial charge < -0.3 is 10.1 Å². The monoisotopic (exact) mass is 396 g/mol. The number of aryl methyl sites for hydroxylation is 1. The molecule has 7 nitrogen and oxygen atoms in total. The number of anilines is 1. The van der Waals surface area contributed by atoms with Crippen molar-refractivity contribution in [2.75, 3.05) is 17.7 Å². The van der Waals surface area contributed by atoms with Crippen molar-refractivity contribution in [2.24, 2.45) is 0 Å². The molecule has 1 N–H and O–H groups in total. The maximum Gasteiger partial charge on any atom is 0.327 e. The number of esters is 1. The Hall–Kier alpha value is -2.87. The van der Waals surface area contributed by atoms with E-state index in [2.05, 4.69) is 21.5 Å². The maximum absolute atomic E-state index is 12.3. The number of benzene rings is 1. The molecule has 0 radical (unpaired) electrons. The highest BCUT2D eigenvalue weighted by atomic mass is 32.2. The molecular weight excluding hydrogens is 376 g/mol. The topological polar surface area (TPSA) is 86.1 Å². The number of aromatic nitrogens is 3. The van der Waals surface area contributed by atoms with Crippen LogP contribution in [0.5, 0.6) is 0 Å². The van der Waals surface area contributed by atoms with E-state index in [0.29, 0.717) is 18.2 Å². The van der Waals surface area contributed by atoms with Gasteiger partial charge in [0.25, 0.3) is 0 Å². The molecule has 1 amide bonds. The molecule has 2 aromatic heterocycles. The van der Waals surface area contributed by atoms with Crippen molar-refractivity contribution in [3.63, 3.8) is 0 Å². The van der Waals surface area contributed by atoms with E-state index in [4.69, 9.17) is 4.74 Å². The smallest absolute Gasteiger partial charge is 0.327 e. The van der Waals surface area contributed by atoms with Gasteiger partial charge in [-0.05, 0) is 37.6 Å². The number of pyridine rings is 1. The lowest BCUT2D eigenvalue weighted by Crippen LogP contribution is -2.20. The molecule has 3 aromatic rings. The SMILES string of the molecule is CCOC(=O)Cn1nc(C)c2c1NC(=O)CS[C@@H]2c1ccc2ncccc2c1. The van der Waals surface area contributed by atoms with Crippen LogP contribution in [0.2, 0.25) is 0 Å². The third-order valence-corrected chi connectivity index (χ3v) is 5.86. The van der Waals surface area contributed by atoms with Gasteiger partial charge in [0.1, 0.15) is 12.4 Å². The molecule has 1 aliphatic heterocycles. The molecule has 28 heavy (non-hydrogen) atoms. The van der Waals surface area contributed by atoms with E-state index in [1.54, 1.807) is 24.9 Å². The third-order valence-electron chi connectivity index (χ3n) is 4.59. The van der Waals surface area contributed by atoms with Gasteiger partial charge in [-0.25, -0.2) is 4.68 Å². The predicted octanol–water partition coefficient (Wildman–Crippen LogP) is 3.08. The highest BCUT2D eigenvalue weighted by molar-refractivity contribution is 8.00. The van der Waals surface area contributed by atoms with Crippen LogP contribution in [0.25, 0.3) is 10.9 Å². The molecule has 1 aliphatic rings. The Morgan fingerprint density at radius 1 is 1.39 bits per heavy atom. The van der Waals surface area contributed by atoms with Gasteiger partial charge >= 0.3 is 5.97 Å². The van der Waals surface area contributed by atoms with Gasteiger partial charge in [-0.1, -0.05) is 12.1 Å². The van der Waals surface area contributed by atoms with Crippen molar-refractivity contribution in [1.82, 2.24) is 14.8 Å². The second-order valence-electron chi connectivity index (χ2n) is 6.51. The van der Waals surface area contributed by atoms with Crippen molar-refractivity contribution in [2.45, 2.75) is 25.6 Å². The maximum atomic E-state index is 12.3. The van der Waals surface area contributed by atoms with Crippen LogP contribution in [-0.4, -0.2) is 39.0 Å². The summed E-state index contributed by atoms with van der Waals surface area (Å²) in [5.41, 5.74) is 3.70. The number of fused-ring (bicyclic) bond motifs is 2. The Labute approximate surface area is 166 Å². The van der Waals surface area contributed by atoms with Crippen molar-refractivity contribution in [3.8, 4) is 0 Å². The van der Waals surface area contributed by atoms with E-state index < -0.39 is 0 Å². The van der Waals surface area contributed by atoms with E-state index in [-0.39, 0.29) is 23.7 Å². The van der Waals surface area contributed by atoms with Crippen LogP contribution in [0.4, 0.5) is 5.82 Å². The quantitative estimate of drug-likeness (QED) is 0.682. The first-order chi connectivity index (χ1) is 13.6. The summed E-state index contributed by atoms with van der Waals surface area (Å²) in [5, 5.41) is 8.39. The zero-order valence-corrected chi connectivity index (χ0v) is 16.5. The molecule has 0 fully saturated rings. The predicted molar refractivity (Wildman–Crippen MR) is 108 cm³/mol. The van der Waals surface area contributed by atoms with Gasteiger partial charge in [-0.2, -0.15) is 5.10 Å². The Morgan fingerprint density at radius 3 is 3.07 bits per heavy atom. The number of rotatable bonds is 4. The number of carbonyl (C=O) groups excluding carboxylic acids is 2. The standard InChI is InChI=1S/C20H20N4O3S/c1-3-27-17(26)10-24-20-18(12(2)23-24)19(28-11-16(25)22-20)14-6-7-15-13(9-14)5-4-8-21-15/h4-9,19H,3,10-11H2,1-2H3,(H,22,25)/t19-/m1/s1. The van der Waals surface area contributed by atoms with Gasteiger partial charge in [0, 0.05) is 17.1 Å². The minimum atomic E-state index is -0.382. The molecule has 144 valence electrons. The first kappa shape index (κ1) is 18.5. The number of hydrogen-bond donors (Lipinski definition) is 1. The highest BCUT2D eigenvalue weighted by Crippen LogP contribution is 2.43. The van der Waals surface area contributed by atoms with Gasteiger partial charge in [-0.15, -0.1) is 11.8 Å². The van der Waals surface area contributed by atoms with Crippen LogP contribution in [0.3, 0.4) is 0 Å². The van der Waals surface area contributed by atoms with Crippen molar-refractivity contribution >= 4 is 40.4 Å². The number of nitrogens with zero attached hydrogens (tertiary/aromatic N) is 3. The molecule has 1 aromatic carbocycles. The van der Waals surface area contributed by atoms with Crippen LogP contribution in [-0.2, 0) is 20.9 Å². The number of ether oxygens (including phenoxy) is 1. The summed E-state index contributed by atoms with van der Waals surface area (Å²) in [6.07, 6.45) is 1.77. The first-order valence-corrected chi connectivity index (χ1v) is 10.1. The van der Waals surface area contributed by atoms with E-state index in [1.807, 2.05) is 31.2 Å². The molecule has 0 spiro atoms. The highest BCUT2D eigenvalue weighted by Gasteiger charge is 2.30. The average molecular weight is 396 g/mol. The van der Waals surface area contributed by atoms with Crippen LogP contribution < -0.4 is 5.32 Å². The summed E-state index contributed by atoms with van der Waals surface area (Å²) in [5.74, 6) is 0.397. The first-order valence-electron chi connectivity index (χ1n) is 9.06. The van der Waals surface area contributed by atoms with Crippen molar-refractivity contribution in [1.29, 1.82) is 0 Å². The lowest BCUT2D eigenvalue weighted by Gasteiger charge is -2.16. The normalized spacial score (nSPS) is 16.4. The molecule has 0 aliphatic carbocycles. The number of hydrogen-bond acceptors (Lipinski definition) is 6. The number of amides is 1. The second kappa shape index (κ2) is 7.63. The lowest BCUT2D eigenvalue weighted by molar-refractivity contribution is -0.144. The van der Waals surface area contributed by atoms with E-state index >= 15 is 0 Å². The molecule has 0 unspecified atom stereocenters. The molecule has 1 atom stereocenters. The third kappa shape index (κ3) is 3.47. The van der Waals surface area contributed by atoms with Crippen LogP contribution in [0.1, 0.15) is 29.0 Å². The van der Waals surface area contributed by atoms with Crippen molar-refractivity contribution in [3.05, 3.63) is 53.3 Å². The summed E-state index contributed by atoms with van der Waals surface area (Å²) >= 11 is 1.55. The summed E-state index contributed by atoms with van der Waals surface area (Å²) in [6, 6.07) is 10.1. The molecule has 0 saturated carbocycles. The summed E-state index contributed by atoms with van der Waals surface area (Å²) in [7, 11) is 0. The van der Waals surface area contributed by atoms with Gasteiger partial charge in [0.2, 0.25) is 5.91 Å². The lowest BCUT2D eigenvalue weighted by atomic mass is 10.0. The Balaban J connectivity index is 1.79. The summed E-state index contributed by atoms with van der Waals surface area (Å²) < 4.78 is 6.57. The number of carbonyl (C=O) groups is 2. The van der Waals surface area contributed by atoms with Gasteiger partial charge in [0.15, 0.2) is 0 Å². The summed E-state index contributed by atoms with van der Waals surface area (Å²) in [4.78, 5) is 28.6. The van der Waals surface area contributed by atoms with Gasteiger partial charge in [0.05, 0.1) is 28.8 Å². The zero-order chi connectivity index (χ0) is 19.7.